The number of nitrogens with one attached hydrogen (secondary N) is 1. The summed E-state index contributed by atoms with van der Waals surface area (Å²) in [7, 11) is -3.73. The molecular weight excluding hydrogens is 374 g/mol. The van der Waals surface area contributed by atoms with Crippen molar-refractivity contribution in [2.75, 3.05) is 13.2 Å². The van der Waals surface area contributed by atoms with Crippen molar-refractivity contribution in [1.82, 2.24) is 5.09 Å². The number of hydrogen-bond donors (Lipinski definition) is 2. The number of nitrogens with two attached hydrogens (primary N) is 1. The molecule has 0 spiro atoms. The molecule has 0 fully saturated rings. The normalized spacial score (nSPS) is 21.0. The molecule has 1 heterocycles. The number of halogens is 2. The summed E-state index contributed by atoms with van der Waals surface area (Å²) in [5, 5.41) is 2.66. The van der Waals surface area contributed by atoms with Gasteiger partial charge in [0.25, 0.3) is 0 Å². The van der Waals surface area contributed by atoms with Gasteiger partial charge in [-0.25, -0.2) is 14.5 Å². The molecule has 0 saturated carbocycles. The Balaban J connectivity index is 2.43. The summed E-state index contributed by atoms with van der Waals surface area (Å²) in [5.41, 5.74) is 5.13. The zero-order chi connectivity index (χ0) is 17.8. The second-order valence-corrected chi connectivity index (χ2v) is 7.64. The number of hydrogen-bond acceptors (Lipinski definition) is 6. The first-order valence-electron chi connectivity index (χ1n) is 7.33. The highest BCUT2D eigenvalue weighted by Crippen LogP contribution is 2.48. The molecule has 1 aromatic carbocycles. The lowest BCUT2D eigenvalue weighted by molar-refractivity contribution is 0.204. The number of nitrogens with zero attached hydrogens (tertiary/aromatic N) is 2. The van der Waals surface area contributed by atoms with Gasteiger partial charge in [-0.2, -0.15) is 5.09 Å². The third kappa shape index (κ3) is 3.99. The topological polar surface area (TPSA) is 98.3 Å². The summed E-state index contributed by atoms with van der Waals surface area (Å²) in [6.07, 6.45) is 0. The van der Waals surface area contributed by atoms with Crippen LogP contribution in [-0.4, -0.2) is 35.4 Å². The second-order valence-electron chi connectivity index (χ2n) is 4.81. The predicted molar refractivity (Wildman–Crippen MR) is 96.8 cm³/mol. The van der Waals surface area contributed by atoms with Gasteiger partial charge in [-0.3, -0.25) is 9.05 Å². The lowest BCUT2D eigenvalue weighted by Gasteiger charge is -2.31. The summed E-state index contributed by atoms with van der Waals surface area (Å²) >= 11 is 12.2. The van der Waals surface area contributed by atoms with Gasteiger partial charge in [0.2, 0.25) is 5.66 Å². The van der Waals surface area contributed by atoms with Crippen LogP contribution < -0.4 is 10.8 Å². The molecule has 0 amide bonds. The van der Waals surface area contributed by atoms with Gasteiger partial charge in [-0.15, -0.1) is 23.2 Å². The standard InChI is InChI=1S/C14H19Cl2N4O3P/c1-3-22-24(21,23-4-2)20-14(12(15)16)13(17)18-11(19-14)10-8-6-5-7-9-10/h5-9,12H,3-4H2,1-2H3,(H,20,21)(H2,17,18,19). The highest BCUT2D eigenvalue weighted by Gasteiger charge is 2.50. The van der Waals surface area contributed by atoms with Crippen LogP contribution in [0, 0.1) is 0 Å². The Morgan fingerprint density at radius 3 is 2.33 bits per heavy atom. The maximum atomic E-state index is 12.8. The first-order valence-corrected chi connectivity index (χ1v) is 9.75. The number of amidine groups is 2. The van der Waals surface area contributed by atoms with Gasteiger partial charge in [-0.05, 0) is 13.8 Å². The molecule has 3 N–H and O–H groups in total. The molecule has 0 bridgehead atoms. The van der Waals surface area contributed by atoms with E-state index in [0.717, 1.165) is 5.56 Å². The lowest BCUT2D eigenvalue weighted by Crippen LogP contribution is -2.56. The molecule has 1 aliphatic heterocycles. The molecule has 1 aromatic rings. The van der Waals surface area contributed by atoms with E-state index < -0.39 is 18.2 Å². The Hall–Kier alpha value is -0.950. The summed E-state index contributed by atoms with van der Waals surface area (Å²) in [5.74, 6) is 0.308. The molecule has 0 aromatic heterocycles. The van der Waals surface area contributed by atoms with Gasteiger partial charge < -0.3 is 5.73 Å². The van der Waals surface area contributed by atoms with Crippen LogP contribution in [0.5, 0.6) is 0 Å². The highest BCUT2D eigenvalue weighted by atomic mass is 35.5. The molecule has 1 unspecified atom stereocenters. The second kappa shape index (κ2) is 7.95. The Morgan fingerprint density at radius 2 is 1.83 bits per heavy atom. The first-order chi connectivity index (χ1) is 11.4. The van der Waals surface area contributed by atoms with Gasteiger partial charge in [0.15, 0.2) is 10.7 Å². The number of aliphatic imine (C=N–C) groups is 2. The van der Waals surface area contributed by atoms with Crippen LogP contribution in [-0.2, 0) is 13.6 Å². The minimum Gasteiger partial charge on any atom is -0.384 e. The van der Waals surface area contributed by atoms with Crippen LogP contribution in [0.1, 0.15) is 19.4 Å². The van der Waals surface area contributed by atoms with Crippen LogP contribution in [0.2, 0.25) is 0 Å². The fourth-order valence-corrected chi connectivity index (χ4v) is 4.28. The fraction of sp³-hybridized carbons (Fsp3) is 0.429. The largest absolute Gasteiger partial charge is 0.407 e. The summed E-state index contributed by atoms with van der Waals surface area (Å²) < 4.78 is 23.3. The van der Waals surface area contributed by atoms with E-state index in [0.29, 0.717) is 5.84 Å². The van der Waals surface area contributed by atoms with E-state index in [4.69, 9.17) is 38.0 Å². The van der Waals surface area contributed by atoms with Gasteiger partial charge in [0.05, 0.1) is 13.2 Å². The average Bonchev–Trinajstić information content (AvgIpc) is 2.86. The zero-order valence-electron chi connectivity index (χ0n) is 13.3. The van der Waals surface area contributed by atoms with E-state index in [-0.39, 0.29) is 19.0 Å². The SMILES string of the molecule is CCOP(=O)(NC1(C(Cl)Cl)N=C(c2ccccc2)N=C1N)OCC. The van der Waals surface area contributed by atoms with Crippen molar-refractivity contribution in [1.29, 1.82) is 0 Å². The smallest absolute Gasteiger partial charge is 0.384 e. The average molecular weight is 393 g/mol. The van der Waals surface area contributed by atoms with Crippen LogP contribution in [0.4, 0.5) is 0 Å². The summed E-state index contributed by atoms with van der Waals surface area (Å²) in [6, 6.07) is 9.16. The molecule has 0 aliphatic carbocycles. The molecule has 1 atom stereocenters. The van der Waals surface area contributed by atoms with Crippen LogP contribution in [0.3, 0.4) is 0 Å². The Kier molecular flexibility index (Phi) is 6.42. The monoisotopic (exact) mass is 392 g/mol. The Morgan fingerprint density at radius 1 is 1.25 bits per heavy atom. The molecule has 1 aliphatic rings. The predicted octanol–water partition coefficient (Wildman–Crippen LogP) is 3.07. The molecule has 10 heteroatoms. The van der Waals surface area contributed by atoms with Crippen LogP contribution in [0.25, 0.3) is 0 Å². The third-order valence-corrected chi connectivity index (χ3v) is 5.60. The van der Waals surface area contributed by atoms with Crippen molar-refractivity contribution in [3.8, 4) is 0 Å². The van der Waals surface area contributed by atoms with Crippen LogP contribution >= 0.6 is 30.9 Å². The number of rotatable bonds is 8. The molecule has 24 heavy (non-hydrogen) atoms. The van der Waals surface area contributed by atoms with Crippen molar-refractivity contribution >= 4 is 42.6 Å². The highest BCUT2D eigenvalue weighted by molar-refractivity contribution is 7.51. The fourth-order valence-electron chi connectivity index (χ4n) is 2.11. The molecule has 0 saturated heterocycles. The van der Waals surface area contributed by atoms with E-state index in [9.17, 15) is 4.57 Å². The van der Waals surface area contributed by atoms with E-state index in [1.807, 2.05) is 30.3 Å². The van der Waals surface area contributed by atoms with Crippen molar-refractivity contribution < 1.29 is 13.6 Å². The number of benzene rings is 1. The maximum Gasteiger partial charge on any atom is 0.407 e. The lowest BCUT2D eigenvalue weighted by atomic mass is 10.2. The van der Waals surface area contributed by atoms with E-state index >= 15 is 0 Å². The molecule has 132 valence electrons. The Labute approximate surface area is 150 Å². The van der Waals surface area contributed by atoms with E-state index in [1.54, 1.807) is 13.8 Å². The minimum absolute atomic E-state index is 0.0176. The maximum absolute atomic E-state index is 12.8. The zero-order valence-corrected chi connectivity index (χ0v) is 15.7. The van der Waals surface area contributed by atoms with Gasteiger partial charge >= 0.3 is 7.75 Å². The minimum atomic E-state index is -3.73. The first kappa shape index (κ1) is 19.4. The quantitative estimate of drug-likeness (QED) is 0.523. The van der Waals surface area contributed by atoms with Gasteiger partial charge in [0.1, 0.15) is 5.84 Å². The number of alkyl halides is 2. The van der Waals surface area contributed by atoms with E-state index in [1.165, 1.54) is 0 Å². The van der Waals surface area contributed by atoms with Gasteiger partial charge in [-0.1, -0.05) is 30.3 Å². The van der Waals surface area contributed by atoms with Crippen molar-refractivity contribution in [3.05, 3.63) is 35.9 Å². The van der Waals surface area contributed by atoms with Crippen molar-refractivity contribution in [2.45, 2.75) is 24.3 Å². The summed E-state index contributed by atoms with van der Waals surface area (Å²) in [6.45, 7) is 3.68. The molecular formula is C14H19Cl2N4O3P. The molecule has 0 radical (unpaired) electrons. The Bertz CT molecular complexity index is 674. The van der Waals surface area contributed by atoms with Crippen LogP contribution in [0.15, 0.2) is 40.3 Å². The van der Waals surface area contributed by atoms with Gasteiger partial charge in [0, 0.05) is 5.56 Å². The summed E-state index contributed by atoms with van der Waals surface area (Å²) in [4.78, 5) is 7.45. The third-order valence-electron chi connectivity index (χ3n) is 3.15. The van der Waals surface area contributed by atoms with Crippen molar-refractivity contribution in [3.63, 3.8) is 0 Å². The molecule has 2 rings (SSSR count). The van der Waals surface area contributed by atoms with Crippen molar-refractivity contribution in [2.24, 2.45) is 15.7 Å². The molecule has 7 nitrogen and oxygen atoms in total. The van der Waals surface area contributed by atoms with E-state index in [2.05, 4.69) is 15.1 Å².